The van der Waals surface area contributed by atoms with Gasteiger partial charge in [0.25, 0.3) is 0 Å². The summed E-state index contributed by atoms with van der Waals surface area (Å²) >= 11 is 0. The number of ether oxygens (including phenoxy) is 3. The third-order valence-electron chi connectivity index (χ3n) is 10.1. The van der Waals surface area contributed by atoms with E-state index in [0.29, 0.717) is 47.4 Å². The molecule has 4 aromatic carbocycles. The fourth-order valence-corrected chi connectivity index (χ4v) is 10.4. The SMILES string of the molecule is COc1ccc(CN(Cc2ccc(OC)cc2)S(=O)(=O)c2c(S(=O)(=O)NC[C@H](O)CNC(=O)O)ccc(N3CCn4ccnc43)c2-c2nnnn2Cc2ccc(OC)cc2)cc1. The van der Waals surface area contributed by atoms with Crippen LogP contribution in [0, 0.1) is 0 Å². The molecule has 2 aromatic heterocycles. The molecule has 0 aliphatic carbocycles. The van der Waals surface area contributed by atoms with Crippen molar-refractivity contribution in [3.63, 3.8) is 0 Å². The van der Waals surface area contributed by atoms with Crippen molar-refractivity contribution in [3.05, 3.63) is 114 Å². The van der Waals surface area contributed by atoms with Crippen LogP contribution in [-0.2, 0) is 46.2 Å². The van der Waals surface area contributed by atoms with Gasteiger partial charge in [0.15, 0.2) is 5.82 Å². The number of amides is 1. The van der Waals surface area contributed by atoms with Crippen molar-refractivity contribution in [1.29, 1.82) is 0 Å². The summed E-state index contributed by atoms with van der Waals surface area (Å²) in [5.41, 5.74) is 1.95. The molecule has 0 radical (unpaired) electrons. The number of aromatic nitrogens is 6. The molecule has 0 unspecified atom stereocenters. The zero-order valence-corrected chi connectivity index (χ0v) is 35.5. The number of imidazole rings is 1. The van der Waals surface area contributed by atoms with Gasteiger partial charge in [-0.05, 0) is 75.6 Å². The highest BCUT2D eigenvalue weighted by Gasteiger charge is 2.40. The highest BCUT2D eigenvalue weighted by Crippen LogP contribution is 2.44. The van der Waals surface area contributed by atoms with Crippen molar-refractivity contribution in [2.45, 2.75) is 42.1 Å². The van der Waals surface area contributed by atoms with Crippen LogP contribution in [0.2, 0.25) is 0 Å². The van der Waals surface area contributed by atoms with Crippen LogP contribution in [0.25, 0.3) is 11.4 Å². The van der Waals surface area contributed by atoms with Crippen molar-refractivity contribution < 1.29 is 46.1 Å². The maximum atomic E-state index is 15.9. The standard InChI is InChI=1S/C40H44N10O10S2/c1-58-31-10-4-27(5-11-31)24-48(25-28-6-12-32(59-2)13-7-28)62(56,57)37-35(61(54,55)43-23-30(51)22-42-40(52)53)17-16-34(49-21-20-47-19-18-41-39(47)49)36(37)38-44-45-46-50(38)26-29-8-14-33(60-3)15-9-29/h4-19,30,42-43,51H,20-26H2,1-3H3,(H,52,53)/t30-/m1/s1. The Morgan fingerprint density at radius 3 is 1.95 bits per heavy atom. The predicted molar refractivity (Wildman–Crippen MR) is 224 cm³/mol. The number of tetrazole rings is 1. The molecule has 20 nitrogen and oxygen atoms in total. The summed E-state index contributed by atoms with van der Waals surface area (Å²) in [5.74, 6) is 2.09. The van der Waals surface area contributed by atoms with Crippen LogP contribution in [0.1, 0.15) is 16.7 Å². The molecule has 1 amide bonds. The second kappa shape index (κ2) is 18.6. The second-order valence-electron chi connectivity index (χ2n) is 14.0. The van der Waals surface area contributed by atoms with Crippen molar-refractivity contribution in [3.8, 4) is 28.6 Å². The Bertz CT molecular complexity index is 2680. The lowest BCUT2D eigenvalue weighted by atomic mass is 10.1. The minimum absolute atomic E-state index is 0.0410. The minimum atomic E-state index is -4.95. The maximum absolute atomic E-state index is 15.9. The Morgan fingerprint density at radius 1 is 0.806 bits per heavy atom. The number of sulfonamides is 2. The molecule has 1 aliphatic rings. The van der Waals surface area contributed by atoms with E-state index in [2.05, 4.69) is 25.2 Å². The first kappa shape index (κ1) is 43.5. The molecule has 1 atom stereocenters. The largest absolute Gasteiger partial charge is 0.497 e. The number of carbonyl (C=O) groups is 1. The summed E-state index contributed by atoms with van der Waals surface area (Å²) in [5, 5.41) is 34.2. The van der Waals surface area contributed by atoms with E-state index in [4.69, 9.17) is 19.3 Å². The van der Waals surface area contributed by atoms with E-state index < -0.39 is 55.1 Å². The van der Waals surface area contributed by atoms with Gasteiger partial charge in [0, 0.05) is 51.7 Å². The van der Waals surface area contributed by atoms with Crippen LogP contribution in [0.4, 0.5) is 16.4 Å². The van der Waals surface area contributed by atoms with E-state index in [-0.39, 0.29) is 36.7 Å². The maximum Gasteiger partial charge on any atom is 0.404 e. The number of aliphatic hydroxyl groups excluding tert-OH is 1. The number of hydrogen-bond acceptors (Lipinski definition) is 14. The topological polar surface area (TPSA) is 245 Å². The molecule has 0 spiro atoms. The lowest BCUT2D eigenvalue weighted by Gasteiger charge is -2.28. The number of methoxy groups -OCH3 is 3. The summed E-state index contributed by atoms with van der Waals surface area (Å²) in [6.07, 6.45) is 0.440. The Kier molecular flexibility index (Phi) is 13.0. The molecule has 0 fully saturated rings. The number of fused-ring (bicyclic) bond motifs is 1. The number of hydrogen-bond donors (Lipinski definition) is 4. The molecule has 7 rings (SSSR count). The molecule has 22 heteroatoms. The third-order valence-corrected chi connectivity index (χ3v) is 13.5. The Morgan fingerprint density at radius 2 is 1.39 bits per heavy atom. The van der Waals surface area contributed by atoms with Gasteiger partial charge in [0.1, 0.15) is 27.0 Å². The first-order valence-electron chi connectivity index (χ1n) is 19.1. The molecule has 0 saturated carbocycles. The Hall–Kier alpha value is -6.59. The Balaban J connectivity index is 1.47. The average molecular weight is 889 g/mol. The molecule has 0 bridgehead atoms. The molecule has 6 aromatic rings. The van der Waals surface area contributed by atoms with E-state index in [0.717, 1.165) is 9.87 Å². The number of carboxylic acid groups (broad SMARTS) is 1. The van der Waals surface area contributed by atoms with Gasteiger partial charge in [-0.25, -0.2) is 36.0 Å². The van der Waals surface area contributed by atoms with Gasteiger partial charge in [-0.2, -0.15) is 4.31 Å². The number of nitrogens with zero attached hydrogens (tertiary/aromatic N) is 8. The number of nitrogens with one attached hydrogen (secondary N) is 2. The zero-order chi connectivity index (χ0) is 44.0. The molecule has 3 heterocycles. The normalized spacial score (nSPS) is 13.2. The van der Waals surface area contributed by atoms with Crippen LogP contribution >= 0.6 is 0 Å². The monoisotopic (exact) mass is 888 g/mol. The molecule has 1 aliphatic heterocycles. The molecule has 62 heavy (non-hydrogen) atoms. The minimum Gasteiger partial charge on any atom is -0.497 e. The Labute approximate surface area is 357 Å². The van der Waals surface area contributed by atoms with E-state index in [1.807, 2.05) is 9.88 Å². The number of benzene rings is 4. The molecular weight excluding hydrogens is 845 g/mol. The molecule has 326 valence electrons. The van der Waals surface area contributed by atoms with Crippen LogP contribution < -0.4 is 29.1 Å². The summed E-state index contributed by atoms with van der Waals surface area (Å²) in [7, 11) is -5.24. The van der Waals surface area contributed by atoms with Crippen molar-refractivity contribution >= 4 is 37.8 Å². The van der Waals surface area contributed by atoms with Crippen molar-refractivity contribution in [2.75, 3.05) is 45.9 Å². The average Bonchev–Trinajstić information content (AvgIpc) is 4.04. The van der Waals surface area contributed by atoms with Crippen molar-refractivity contribution in [2.24, 2.45) is 0 Å². The molecular formula is C40H44N10O10S2. The van der Waals surface area contributed by atoms with Gasteiger partial charge >= 0.3 is 6.09 Å². The quantitative estimate of drug-likeness (QED) is 0.0913. The van der Waals surface area contributed by atoms with Crippen LogP contribution in [0.5, 0.6) is 17.2 Å². The summed E-state index contributed by atoms with van der Waals surface area (Å²) in [6, 6.07) is 23.3. The number of aliphatic hydroxyl groups is 1. The van der Waals surface area contributed by atoms with Gasteiger partial charge in [0.05, 0.1) is 45.2 Å². The van der Waals surface area contributed by atoms with E-state index in [1.165, 1.54) is 38.1 Å². The zero-order valence-electron chi connectivity index (χ0n) is 33.8. The number of rotatable bonds is 19. The first-order valence-corrected chi connectivity index (χ1v) is 22.0. The van der Waals surface area contributed by atoms with Crippen LogP contribution in [-0.4, -0.2) is 114 Å². The lowest BCUT2D eigenvalue weighted by molar-refractivity contribution is 0.159. The van der Waals surface area contributed by atoms with E-state index >= 15 is 8.42 Å². The lowest BCUT2D eigenvalue weighted by Crippen LogP contribution is -2.40. The molecule has 0 saturated heterocycles. The summed E-state index contributed by atoms with van der Waals surface area (Å²) in [6.45, 7) is -0.757. The smallest absolute Gasteiger partial charge is 0.404 e. The first-order chi connectivity index (χ1) is 29.8. The van der Waals surface area contributed by atoms with Gasteiger partial charge in [0.2, 0.25) is 26.0 Å². The highest BCUT2D eigenvalue weighted by molar-refractivity contribution is 7.92. The highest BCUT2D eigenvalue weighted by atomic mass is 32.2. The van der Waals surface area contributed by atoms with Gasteiger partial charge in [-0.1, -0.05) is 36.4 Å². The molecule has 4 N–H and O–H groups in total. The predicted octanol–water partition coefficient (Wildman–Crippen LogP) is 3.06. The van der Waals surface area contributed by atoms with Gasteiger partial charge in [-0.15, -0.1) is 5.10 Å². The number of anilines is 2. The summed E-state index contributed by atoms with van der Waals surface area (Å²) < 4.78 is 83.8. The van der Waals surface area contributed by atoms with Gasteiger partial charge < -0.3 is 39.2 Å². The third kappa shape index (κ3) is 9.48. The van der Waals surface area contributed by atoms with E-state index in [1.54, 1.807) is 90.1 Å². The fourth-order valence-electron chi connectivity index (χ4n) is 6.90. The second-order valence-corrected chi connectivity index (χ2v) is 17.6. The van der Waals surface area contributed by atoms with Crippen molar-refractivity contribution in [1.82, 2.24) is 44.1 Å². The fraction of sp³-hybridized carbons (Fsp3) is 0.275. The van der Waals surface area contributed by atoms with E-state index in [9.17, 15) is 18.3 Å². The van der Waals surface area contributed by atoms with Crippen LogP contribution in [0.3, 0.4) is 0 Å². The van der Waals surface area contributed by atoms with Crippen LogP contribution in [0.15, 0.2) is 107 Å². The van der Waals surface area contributed by atoms with Gasteiger partial charge in [-0.3, -0.25) is 0 Å². The summed E-state index contributed by atoms with van der Waals surface area (Å²) in [4.78, 5) is 16.1.